The third kappa shape index (κ3) is 5.58. The summed E-state index contributed by atoms with van der Waals surface area (Å²) in [4.78, 5) is 24.5. The van der Waals surface area contributed by atoms with Crippen molar-refractivity contribution in [3.63, 3.8) is 0 Å². The lowest BCUT2D eigenvalue weighted by Crippen LogP contribution is -2.35. The molecule has 0 aromatic carbocycles. The number of amides is 1. The summed E-state index contributed by atoms with van der Waals surface area (Å²) in [6.07, 6.45) is 0.782. The topological polar surface area (TPSA) is 79.2 Å². The van der Waals surface area contributed by atoms with Gasteiger partial charge in [-0.25, -0.2) is 0 Å². The van der Waals surface area contributed by atoms with Crippen molar-refractivity contribution >= 4 is 39.0 Å². The molecule has 114 valence electrons. The molecule has 0 bridgehead atoms. The van der Waals surface area contributed by atoms with E-state index in [0.717, 1.165) is 0 Å². The van der Waals surface area contributed by atoms with Crippen LogP contribution in [0.5, 0.6) is 0 Å². The highest BCUT2D eigenvalue weighted by Gasteiger charge is 2.29. The van der Waals surface area contributed by atoms with Crippen molar-refractivity contribution in [3.05, 3.63) is 20.8 Å². The van der Waals surface area contributed by atoms with Crippen LogP contribution in [0.25, 0.3) is 0 Å². The summed E-state index contributed by atoms with van der Waals surface area (Å²) in [6.45, 7) is 4.77. The number of carbonyl (C=O) groups excluding carboxylic acids is 2. The van der Waals surface area contributed by atoms with Crippen LogP contribution in [0.1, 0.15) is 29.9 Å². The minimum absolute atomic E-state index is 0.144. The molecule has 0 fully saturated rings. The molecular formula is C14H17BrN2O3S. The molecule has 1 atom stereocenters. The van der Waals surface area contributed by atoms with Crippen LogP contribution in [0.3, 0.4) is 0 Å². The number of rotatable bonds is 8. The molecule has 0 saturated carbocycles. The molecular weight excluding hydrogens is 356 g/mol. The van der Waals surface area contributed by atoms with E-state index in [2.05, 4.69) is 21.2 Å². The van der Waals surface area contributed by atoms with Crippen LogP contribution in [0, 0.1) is 17.2 Å². The summed E-state index contributed by atoms with van der Waals surface area (Å²) in [7, 11) is 0. The molecule has 0 aliphatic carbocycles. The maximum atomic E-state index is 12.1. The molecule has 1 unspecified atom stereocenters. The Morgan fingerprint density at radius 1 is 1.52 bits per heavy atom. The Balaban J connectivity index is 2.49. The van der Waals surface area contributed by atoms with E-state index in [1.807, 2.05) is 13.8 Å². The molecule has 1 aromatic heterocycles. The van der Waals surface area contributed by atoms with E-state index < -0.39 is 17.6 Å². The zero-order chi connectivity index (χ0) is 15.8. The van der Waals surface area contributed by atoms with Gasteiger partial charge in [0.2, 0.25) is 11.7 Å². The average Bonchev–Trinajstić information content (AvgIpc) is 2.85. The standard InChI is InChI=1S/C14H17BrN2O3S/c1-9(2)20-6-3-5-17-14(19)10(8-16)12(18)13-11(15)4-7-21-13/h4,7,9-10H,3,5-6H2,1-2H3,(H,17,19). The number of ether oxygens (including phenoxy) is 1. The van der Waals surface area contributed by atoms with E-state index in [1.165, 1.54) is 11.3 Å². The molecule has 0 saturated heterocycles. The summed E-state index contributed by atoms with van der Waals surface area (Å²) in [6, 6.07) is 3.48. The third-order valence-electron chi connectivity index (χ3n) is 2.57. The quantitative estimate of drug-likeness (QED) is 0.432. The van der Waals surface area contributed by atoms with Crippen LogP contribution in [0.2, 0.25) is 0 Å². The first-order valence-electron chi connectivity index (χ1n) is 6.53. The van der Waals surface area contributed by atoms with Gasteiger partial charge < -0.3 is 10.1 Å². The van der Waals surface area contributed by atoms with Gasteiger partial charge in [-0.2, -0.15) is 5.26 Å². The monoisotopic (exact) mass is 372 g/mol. The number of hydrogen-bond donors (Lipinski definition) is 1. The number of nitrogens with one attached hydrogen (secondary N) is 1. The van der Waals surface area contributed by atoms with Crippen molar-refractivity contribution in [2.24, 2.45) is 5.92 Å². The van der Waals surface area contributed by atoms with Gasteiger partial charge in [0.15, 0.2) is 5.92 Å². The molecule has 0 aliphatic rings. The number of halogens is 1. The van der Waals surface area contributed by atoms with E-state index in [9.17, 15) is 9.59 Å². The predicted molar refractivity (Wildman–Crippen MR) is 84.2 cm³/mol. The minimum Gasteiger partial charge on any atom is -0.379 e. The van der Waals surface area contributed by atoms with Crippen LogP contribution in [-0.4, -0.2) is 30.9 Å². The van der Waals surface area contributed by atoms with Gasteiger partial charge in [-0.3, -0.25) is 9.59 Å². The van der Waals surface area contributed by atoms with Crippen LogP contribution in [0.15, 0.2) is 15.9 Å². The predicted octanol–water partition coefficient (Wildman–Crippen LogP) is 2.76. The average molecular weight is 373 g/mol. The van der Waals surface area contributed by atoms with E-state index >= 15 is 0 Å². The maximum Gasteiger partial charge on any atom is 0.245 e. The number of ketones is 1. The Labute approximate surface area is 136 Å². The highest BCUT2D eigenvalue weighted by molar-refractivity contribution is 9.10. The molecule has 0 aliphatic heterocycles. The van der Waals surface area contributed by atoms with Crippen molar-refractivity contribution in [1.82, 2.24) is 5.32 Å². The van der Waals surface area contributed by atoms with Gasteiger partial charge in [0, 0.05) is 17.6 Å². The van der Waals surface area contributed by atoms with Gasteiger partial charge in [-0.1, -0.05) is 0 Å². The molecule has 1 N–H and O–H groups in total. The lowest BCUT2D eigenvalue weighted by atomic mass is 10.0. The molecule has 1 amide bonds. The number of nitrogens with zero attached hydrogens (tertiary/aromatic N) is 1. The van der Waals surface area contributed by atoms with Crippen molar-refractivity contribution in [2.75, 3.05) is 13.2 Å². The maximum absolute atomic E-state index is 12.1. The lowest BCUT2D eigenvalue weighted by Gasteiger charge is -2.10. The fourth-order valence-electron chi connectivity index (χ4n) is 1.54. The van der Waals surface area contributed by atoms with Crippen molar-refractivity contribution in [1.29, 1.82) is 5.26 Å². The highest BCUT2D eigenvalue weighted by atomic mass is 79.9. The summed E-state index contributed by atoms with van der Waals surface area (Å²) in [5.41, 5.74) is 0. The first kappa shape index (κ1) is 17.8. The molecule has 7 heteroatoms. The SMILES string of the molecule is CC(C)OCCCNC(=O)C(C#N)C(=O)c1sccc1Br. The second kappa shape index (κ2) is 8.93. The van der Waals surface area contributed by atoms with Crippen LogP contribution in [0.4, 0.5) is 0 Å². The molecule has 21 heavy (non-hydrogen) atoms. The van der Waals surface area contributed by atoms with E-state index in [0.29, 0.717) is 28.9 Å². The Bertz CT molecular complexity index is 537. The first-order chi connectivity index (χ1) is 9.97. The Morgan fingerprint density at radius 2 is 2.24 bits per heavy atom. The van der Waals surface area contributed by atoms with Crippen LogP contribution in [-0.2, 0) is 9.53 Å². The number of thiophene rings is 1. The van der Waals surface area contributed by atoms with Gasteiger partial charge in [0.25, 0.3) is 0 Å². The number of Topliss-reactive ketones (excluding diaryl/α,β-unsaturated/α-hetero) is 1. The second-order valence-corrected chi connectivity index (χ2v) is 6.36. The summed E-state index contributed by atoms with van der Waals surface area (Å²) < 4.78 is 5.95. The molecule has 0 radical (unpaired) electrons. The largest absolute Gasteiger partial charge is 0.379 e. The van der Waals surface area contributed by atoms with Gasteiger partial charge in [-0.15, -0.1) is 11.3 Å². The third-order valence-corrected chi connectivity index (χ3v) is 4.42. The smallest absolute Gasteiger partial charge is 0.245 e. The fraction of sp³-hybridized carbons (Fsp3) is 0.500. The second-order valence-electron chi connectivity index (χ2n) is 4.59. The molecule has 1 aromatic rings. The number of nitriles is 1. The highest BCUT2D eigenvalue weighted by Crippen LogP contribution is 2.25. The summed E-state index contributed by atoms with van der Waals surface area (Å²) in [5, 5.41) is 13.4. The van der Waals surface area contributed by atoms with E-state index in [1.54, 1.807) is 17.5 Å². The van der Waals surface area contributed by atoms with E-state index in [-0.39, 0.29) is 6.10 Å². The zero-order valence-electron chi connectivity index (χ0n) is 11.9. The van der Waals surface area contributed by atoms with Gasteiger partial charge in [0.1, 0.15) is 0 Å². The van der Waals surface area contributed by atoms with Gasteiger partial charge in [-0.05, 0) is 47.6 Å². The minimum atomic E-state index is -1.31. The molecule has 1 rings (SSSR count). The van der Waals surface area contributed by atoms with Crippen LogP contribution < -0.4 is 5.32 Å². The summed E-state index contributed by atoms with van der Waals surface area (Å²) in [5.74, 6) is -2.35. The molecule has 1 heterocycles. The Hall–Kier alpha value is -1.23. The first-order valence-corrected chi connectivity index (χ1v) is 8.20. The van der Waals surface area contributed by atoms with Gasteiger partial charge >= 0.3 is 0 Å². The zero-order valence-corrected chi connectivity index (χ0v) is 14.3. The Kier molecular flexibility index (Phi) is 7.57. The van der Waals surface area contributed by atoms with E-state index in [4.69, 9.17) is 10.00 Å². The molecule has 0 spiro atoms. The molecule has 5 nitrogen and oxygen atoms in total. The number of carbonyl (C=O) groups is 2. The Morgan fingerprint density at radius 3 is 2.76 bits per heavy atom. The van der Waals surface area contributed by atoms with Gasteiger partial charge in [0.05, 0.1) is 17.1 Å². The summed E-state index contributed by atoms with van der Waals surface area (Å²) >= 11 is 4.44. The normalized spacial score (nSPS) is 12.0. The lowest BCUT2D eigenvalue weighted by molar-refractivity contribution is -0.122. The number of hydrogen-bond acceptors (Lipinski definition) is 5. The fourth-order valence-corrected chi connectivity index (χ4v) is 3.08. The van der Waals surface area contributed by atoms with Crippen LogP contribution >= 0.6 is 27.3 Å². The van der Waals surface area contributed by atoms with Crippen molar-refractivity contribution in [2.45, 2.75) is 26.4 Å². The van der Waals surface area contributed by atoms with Crippen molar-refractivity contribution in [3.8, 4) is 6.07 Å². The van der Waals surface area contributed by atoms with Crippen molar-refractivity contribution < 1.29 is 14.3 Å².